The predicted octanol–water partition coefficient (Wildman–Crippen LogP) is 3.68. The molecule has 156 valence electrons. The maximum absolute atomic E-state index is 13.0. The number of aromatic nitrogens is 3. The van der Waals surface area contributed by atoms with Crippen LogP contribution in [0.15, 0.2) is 58.4 Å². The van der Waals surface area contributed by atoms with E-state index in [4.69, 9.17) is 0 Å². The number of carbonyl (C=O) groups excluding carboxylic acids is 2. The fourth-order valence-corrected chi connectivity index (χ4v) is 4.22. The summed E-state index contributed by atoms with van der Waals surface area (Å²) < 4.78 is 2.83. The van der Waals surface area contributed by atoms with Crippen molar-refractivity contribution in [3.63, 3.8) is 0 Å². The number of halogens is 1. The van der Waals surface area contributed by atoms with Crippen LogP contribution < -0.4 is 4.90 Å². The molecule has 0 aliphatic carbocycles. The van der Waals surface area contributed by atoms with Crippen LogP contribution in [0.25, 0.3) is 0 Å². The summed E-state index contributed by atoms with van der Waals surface area (Å²) in [4.78, 5) is 36.2. The van der Waals surface area contributed by atoms with Crippen LogP contribution in [0.1, 0.15) is 21.6 Å². The lowest BCUT2D eigenvalue weighted by atomic mass is 10.2. The summed E-state index contributed by atoms with van der Waals surface area (Å²) in [6.07, 6.45) is 4.19. The summed E-state index contributed by atoms with van der Waals surface area (Å²) in [5.74, 6) is 0.769. The molecule has 0 spiro atoms. The molecule has 0 radical (unpaired) electrons. The molecule has 1 aromatic carbocycles. The quantitative estimate of drug-likeness (QED) is 0.358. The predicted molar refractivity (Wildman–Crippen MR) is 122 cm³/mol. The molecule has 0 bridgehead atoms. The van der Waals surface area contributed by atoms with E-state index in [1.54, 1.807) is 33.5 Å². The van der Waals surface area contributed by atoms with Crippen molar-refractivity contribution in [2.75, 3.05) is 26.0 Å². The molecule has 3 rings (SSSR count). The molecule has 2 heterocycles. The molecule has 0 aliphatic rings. The van der Waals surface area contributed by atoms with Crippen molar-refractivity contribution in [1.82, 2.24) is 19.4 Å². The van der Waals surface area contributed by atoms with Gasteiger partial charge in [-0.05, 0) is 29.3 Å². The number of rotatable bonds is 8. The molecule has 3 aromatic rings. The van der Waals surface area contributed by atoms with E-state index >= 15 is 0 Å². The molecular weight excluding hydrogens is 466 g/mol. The van der Waals surface area contributed by atoms with E-state index in [-0.39, 0.29) is 5.91 Å². The van der Waals surface area contributed by atoms with Crippen molar-refractivity contribution in [3.8, 4) is 0 Å². The van der Waals surface area contributed by atoms with Gasteiger partial charge in [0.15, 0.2) is 16.7 Å². The number of hydrogen-bond donors (Lipinski definition) is 0. The highest BCUT2D eigenvalue weighted by molar-refractivity contribution is 9.10. The van der Waals surface area contributed by atoms with Crippen LogP contribution >= 0.6 is 27.7 Å². The van der Waals surface area contributed by atoms with Gasteiger partial charge in [0.05, 0.1) is 6.54 Å². The summed E-state index contributed by atoms with van der Waals surface area (Å²) in [6.45, 7) is 0.448. The summed E-state index contributed by atoms with van der Waals surface area (Å²) in [5.41, 5.74) is 2.44. The van der Waals surface area contributed by atoms with Crippen LogP contribution in [-0.2, 0) is 17.1 Å². The van der Waals surface area contributed by atoms with Gasteiger partial charge in [0.2, 0.25) is 6.41 Å². The van der Waals surface area contributed by atoms with E-state index in [0.717, 1.165) is 15.6 Å². The number of imidazole rings is 1. The molecular formula is C21H22BrN5O2S. The van der Waals surface area contributed by atoms with Gasteiger partial charge < -0.3 is 14.4 Å². The summed E-state index contributed by atoms with van der Waals surface area (Å²) >= 11 is 5.00. The minimum atomic E-state index is -0.213. The molecule has 7 nitrogen and oxygen atoms in total. The lowest BCUT2D eigenvalue weighted by Crippen LogP contribution is -2.28. The zero-order chi connectivity index (χ0) is 21.7. The standard InChI is InChI=1S/C21H22BrN5O2S/c1-25(2)20(29)18-19(26(3)14-28)24-21(30-13-16-7-5-9-23-11-16)27(18)12-15-6-4-8-17(22)10-15/h4-11,14H,12-13H2,1-3H3. The Kier molecular flexibility index (Phi) is 7.28. The number of amides is 2. The third-order valence-corrected chi connectivity index (χ3v) is 5.88. The minimum Gasteiger partial charge on any atom is -0.343 e. The Bertz CT molecular complexity index is 1040. The third-order valence-electron chi connectivity index (χ3n) is 4.34. The second-order valence-electron chi connectivity index (χ2n) is 6.85. The van der Waals surface area contributed by atoms with E-state index in [9.17, 15) is 9.59 Å². The van der Waals surface area contributed by atoms with Gasteiger partial charge >= 0.3 is 0 Å². The molecule has 0 fully saturated rings. The Balaban J connectivity index is 2.08. The van der Waals surface area contributed by atoms with E-state index in [1.165, 1.54) is 21.6 Å². The summed E-state index contributed by atoms with van der Waals surface area (Å²) in [7, 11) is 4.97. The molecule has 0 aliphatic heterocycles. The van der Waals surface area contributed by atoms with Gasteiger partial charge in [0.1, 0.15) is 0 Å². The van der Waals surface area contributed by atoms with Crippen LogP contribution in [0.4, 0.5) is 5.82 Å². The number of hydrogen-bond acceptors (Lipinski definition) is 5. The highest BCUT2D eigenvalue weighted by Gasteiger charge is 2.27. The Morgan fingerprint density at radius 2 is 1.97 bits per heavy atom. The first-order chi connectivity index (χ1) is 14.4. The molecule has 9 heteroatoms. The first kappa shape index (κ1) is 22.0. The van der Waals surface area contributed by atoms with Crippen molar-refractivity contribution in [3.05, 3.63) is 70.1 Å². The van der Waals surface area contributed by atoms with Crippen molar-refractivity contribution >= 4 is 45.8 Å². The van der Waals surface area contributed by atoms with Crippen LogP contribution in [0.2, 0.25) is 0 Å². The number of pyridine rings is 1. The molecule has 0 N–H and O–H groups in total. The lowest BCUT2D eigenvalue weighted by molar-refractivity contribution is -0.107. The van der Waals surface area contributed by atoms with Gasteiger partial charge in [0, 0.05) is 43.8 Å². The maximum Gasteiger partial charge on any atom is 0.273 e. The molecule has 0 atom stereocenters. The Labute approximate surface area is 188 Å². The minimum absolute atomic E-state index is 0.213. The number of carbonyl (C=O) groups is 2. The largest absolute Gasteiger partial charge is 0.343 e. The second-order valence-corrected chi connectivity index (χ2v) is 8.71. The molecule has 2 aromatic heterocycles. The van der Waals surface area contributed by atoms with Crippen LogP contribution in [0.5, 0.6) is 0 Å². The van der Waals surface area contributed by atoms with E-state index in [2.05, 4.69) is 25.9 Å². The Morgan fingerprint density at radius 1 is 1.20 bits per heavy atom. The van der Waals surface area contributed by atoms with E-state index in [0.29, 0.717) is 35.4 Å². The first-order valence-corrected chi connectivity index (χ1v) is 10.9. The zero-order valence-corrected chi connectivity index (χ0v) is 19.4. The molecule has 2 amide bonds. The fraction of sp³-hybridized carbons (Fsp3) is 0.238. The number of anilines is 1. The highest BCUT2D eigenvalue weighted by atomic mass is 79.9. The van der Waals surface area contributed by atoms with Gasteiger partial charge in [-0.2, -0.15) is 0 Å². The van der Waals surface area contributed by atoms with Crippen LogP contribution in [-0.4, -0.2) is 52.9 Å². The number of nitrogens with zero attached hydrogens (tertiary/aromatic N) is 5. The normalized spacial score (nSPS) is 10.7. The summed E-state index contributed by atoms with van der Waals surface area (Å²) in [6, 6.07) is 11.8. The van der Waals surface area contributed by atoms with Crippen molar-refractivity contribution in [1.29, 1.82) is 0 Å². The number of benzene rings is 1. The fourth-order valence-electron chi connectivity index (χ4n) is 2.85. The van der Waals surface area contributed by atoms with E-state index < -0.39 is 0 Å². The smallest absolute Gasteiger partial charge is 0.273 e. The van der Waals surface area contributed by atoms with Crippen molar-refractivity contribution < 1.29 is 9.59 Å². The monoisotopic (exact) mass is 487 g/mol. The van der Waals surface area contributed by atoms with Gasteiger partial charge in [-0.1, -0.05) is 45.9 Å². The molecule has 30 heavy (non-hydrogen) atoms. The van der Waals surface area contributed by atoms with Crippen LogP contribution in [0.3, 0.4) is 0 Å². The average molecular weight is 488 g/mol. The van der Waals surface area contributed by atoms with Crippen molar-refractivity contribution in [2.24, 2.45) is 0 Å². The maximum atomic E-state index is 13.0. The SMILES string of the molecule is CN(C)C(=O)c1c(N(C)C=O)nc(SCc2cccnc2)n1Cc1cccc(Br)c1. The third kappa shape index (κ3) is 5.09. The molecule has 0 unspecified atom stereocenters. The highest BCUT2D eigenvalue weighted by Crippen LogP contribution is 2.30. The zero-order valence-electron chi connectivity index (χ0n) is 16.9. The number of thioether (sulfide) groups is 1. The van der Waals surface area contributed by atoms with Crippen LogP contribution in [0, 0.1) is 0 Å². The van der Waals surface area contributed by atoms with Gasteiger partial charge in [-0.15, -0.1) is 0 Å². The molecule has 0 saturated heterocycles. The van der Waals surface area contributed by atoms with Crippen molar-refractivity contribution in [2.45, 2.75) is 17.5 Å². The summed E-state index contributed by atoms with van der Waals surface area (Å²) in [5, 5.41) is 0.660. The van der Waals surface area contributed by atoms with E-state index in [1.807, 2.05) is 41.0 Å². The average Bonchev–Trinajstić information content (AvgIpc) is 3.09. The lowest BCUT2D eigenvalue weighted by Gasteiger charge is -2.17. The Morgan fingerprint density at radius 3 is 2.60 bits per heavy atom. The Hall–Kier alpha value is -2.65. The molecule has 0 saturated carbocycles. The van der Waals surface area contributed by atoms with Gasteiger partial charge in [-0.25, -0.2) is 4.98 Å². The van der Waals surface area contributed by atoms with Gasteiger partial charge in [0.25, 0.3) is 5.91 Å². The first-order valence-electron chi connectivity index (χ1n) is 9.17. The topological polar surface area (TPSA) is 71.3 Å². The second kappa shape index (κ2) is 9.90. The van der Waals surface area contributed by atoms with Gasteiger partial charge in [-0.3, -0.25) is 14.6 Å².